The molecule has 64 valence electrons. The zero-order valence-electron chi connectivity index (χ0n) is 6.65. The third kappa shape index (κ3) is 1.22. The number of aromatic nitrogens is 2. The maximum atomic E-state index is 11.2. The van der Waals surface area contributed by atoms with Gasteiger partial charge in [0.15, 0.2) is 6.29 Å². The molecule has 1 N–H and O–H groups in total. The van der Waals surface area contributed by atoms with E-state index in [4.69, 9.17) is 0 Å². The van der Waals surface area contributed by atoms with E-state index in [1.165, 1.54) is 12.3 Å². The number of hydrogen-bond acceptors (Lipinski definition) is 3. The van der Waals surface area contributed by atoms with Gasteiger partial charge in [-0.2, -0.15) is 0 Å². The number of rotatable bonds is 1. The normalized spacial score (nSPS) is 10.2. The van der Waals surface area contributed by atoms with E-state index in [-0.39, 0.29) is 5.56 Å². The zero-order valence-corrected chi connectivity index (χ0v) is 6.65. The fourth-order valence-electron chi connectivity index (χ4n) is 1.15. The Morgan fingerprint density at radius 3 is 2.92 bits per heavy atom. The lowest BCUT2D eigenvalue weighted by Crippen LogP contribution is -2.05. The fourth-order valence-corrected chi connectivity index (χ4v) is 1.15. The molecule has 0 aromatic carbocycles. The van der Waals surface area contributed by atoms with Crippen molar-refractivity contribution < 1.29 is 4.79 Å². The summed E-state index contributed by atoms with van der Waals surface area (Å²) in [4.78, 5) is 28.1. The summed E-state index contributed by atoms with van der Waals surface area (Å²) < 4.78 is 0. The minimum atomic E-state index is -0.192. The lowest BCUT2D eigenvalue weighted by Gasteiger charge is -1.95. The van der Waals surface area contributed by atoms with E-state index in [9.17, 15) is 9.59 Å². The highest BCUT2D eigenvalue weighted by molar-refractivity contribution is 5.82. The second-order valence-corrected chi connectivity index (χ2v) is 2.59. The summed E-state index contributed by atoms with van der Waals surface area (Å²) in [6.45, 7) is 0. The minimum absolute atomic E-state index is 0.192. The predicted octanol–water partition coefficient (Wildman–Crippen LogP) is 0.736. The number of pyridine rings is 2. The molecule has 2 aromatic rings. The lowest BCUT2D eigenvalue weighted by atomic mass is 10.2. The van der Waals surface area contributed by atoms with Crippen LogP contribution < -0.4 is 5.56 Å². The van der Waals surface area contributed by atoms with Crippen molar-refractivity contribution in [1.29, 1.82) is 0 Å². The van der Waals surface area contributed by atoms with Crippen LogP contribution in [0, 0.1) is 0 Å². The Balaban J connectivity index is 2.87. The molecule has 0 amide bonds. The van der Waals surface area contributed by atoms with Gasteiger partial charge in [-0.15, -0.1) is 0 Å². The Morgan fingerprint density at radius 1 is 1.31 bits per heavy atom. The van der Waals surface area contributed by atoms with Crippen LogP contribution in [-0.2, 0) is 0 Å². The van der Waals surface area contributed by atoms with Crippen LogP contribution in [0.15, 0.2) is 29.2 Å². The number of hydrogen-bond donors (Lipinski definition) is 1. The highest BCUT2D eigenvalue weighted by atomic mass is 16.1. The summed E-state index contributed by atoms with van der Waals surface area (Å²) in [7, 11) is 0. The smallest absolute Gasteiger partial charge is 0.257 e. The van der Waals surface area contributed by atoms with Gasteiger partial charge in [0.25, 0.3) is 5.56 Å². The molecule has 0 aliphatic carbocycles. The van der Waals surface area contributed by atoms with Crippen molar-refractivity contribution >= 4 is 17.2 Å². The Hall–Kier alpha value is -1.97. The Bertz CT molecular complexity index is 516. The summed E-state index contributed by atoms with van der Waals surface area (Å²) in [5.41, 5.74) is 0.675. The molecule has 0 saturated carbocycles. The van der Waals surface area contributed by atoms with Gasteiger partial charge in [-0.05, 0) is 18.2 Å². The first kappa shape index (κ1) is 7.67. The van der Waals surface area contributed by atoms with Gasteiger partial charge >= 0.3 is 0 Å². The lowest BCUT2D eigenvalue weighted by molar-refractivity contribution is 0.111. The average molecular weight is 174 g/mol. The average Bonchev–Trinajstić information content (AvgIpc) is 2.18. The second kappa shape index (κ2) is 2.82. The molecule has 0 aliphatic heterocycles. The van der Waals surface area contributed by atoms with Gasteiger partial charge in [0.1, 0.15) is 5.69 Å². The Morgan fingerprint density at radius 2 is 2.15 bits per heavy atom. The number of nitrogens with zero attached hydrogens (tertiary/aromatic N) is 1. The Kier molecular flexibility index (Phi) is 1.66. The van der Waals surface area contributed by atoms with Crippen molar-refractivity contribution in [3.8, 4) is 0 Å². The molecular formula is C9H6N2O2. The number of carbonyl (C=O) groups is 1. The van der Waals surface area contributed by atoms with Crippen molar-refractivity contribution in [1.82, 2.24) is 9.97 Å². The number of nitrogens with one attached hydrogen (secondary N) is 1. The second-order valence-electron chi connectivity index (χ2n) is 2.59. The third-order valence-corrected chi connectivity index (χ3v) is 1.77. The van der Waals surface area contributed by atoms with Gasteiger partial charge in [0.2, 0.25) is 0 Å². The quantitative estimate of drug-likeness (QED) is 0.648. The molecular weight excluding hydrogens is 168 g/mol. The topological polar surface area (TPSA) is 62.8 Å². The van der Waals surface area contributed by atoms with Crippen LogP contribution in [0.4, 0.5) is 0 Å². The van der Waals surface area contributed by atoms with Crippen LogP contribution in [0.2, 0.25) is 0 Å². The van der Waals surface area contributed by atoms with E-state index in [1.54, 1.807) is 12.1 Å². The molecule has 0 aliphatic rings. The molecule has 13 heavy (non-hydrogen) atoms. The molecule has 4 nitrogen and oxygen atoms in total. The largest absolute Gasteiger partial charge is 0.328 e. The van der Waals surface area contributed by atoms with Gasteiger partial charge < -0.3 is 4.98 Å². The van der Waals surface area contributed by atoms with E-state index < -0.39 is 0 Å². The van der Waals surface area contributed by atoms with Gasteiger partial charge in [0.05, 0.1) is 10.9 Å². The third-order valence-electron chi connectivity index (χ3n) is 1.77. The highest BCUT2D eigenvalue weighted by Crippen LogP contribution is 2.05. The number of aromatic amines is 1. The Labute approximate surface area is 73.2 Å². The molecule has 4 heteroatoms. The van der Waals surface area contributed by atoms with Crippen LogP contribution in [0.1, 0.15) is 10.5 Å². The molecule has 0 fully saturated rings. The number of H-pyrrole nitrogens is 1. The summed E-state index contributed by atoms with van der Waals surface area (Å²) >= 11 is 0. The van der Waals surface area contributed by atoms with Gasteiger partial charge in [-0.1, -0.05) is 0 Å². The fraction of sp³-hybridized carbons (Fsp3) is 0. The summed E-state index contributed by atoms with van der Waals surface area (Å²) in [6.07, 6.45) is 2.16. The summed E-state index contributed by atoms with van der Waals surface area (Å²) in [5, 5.41) is 0.494. The van der Waals surface area contributed by atoms with E-state index in [1.807, 2.05) is 0 Å². The van der Waals surface area contributed by atoms with E-state index in [0.717, 1.165) is 0 Å². The van der Waals surface area contributed by atoms with Gasteiger partial charge in [-0.3, -0.25) is 9.59 Å². The number of carbonyl (C=O) groups excluding carboxylic acids is 1. The molecule has 0 atom stereocenters. The van der Waals surface area contributed by atoms with E-state index in [0.29, 0.717) is 22.9 Å². The molecule has 2 aromatic heterocycles. The van der Waals surface area contributed by atoms with E-state index >= 15 is 0 Å². The predicted molar refractivity (Wildman–Crippen MR) is 47.8 cm³/mol. The van der Waals surface area contributed by atoms with Crippen LogP contribution in [0.25, 0.3) is 10.9 Å². The van der Waals surface area contributed by atoms with Crippen LogP contribution >= 0.6 is 0 Å². The minimum Gasteiger partial charge on any atom is -0.328 e. The van der Waals surface area contributed by atoms with Crippen molar-refractivity contribution in [2.24, 2.45) is 0 Å². The number of aldehydes is 1. The zero-order chi connectivity index (χ0) is 9.26. The van der Waals surface area contributed by atoms with Crippen molar-refractivity contribution in [3.05, 3.63) is 40.4 Å². The van der Waals surface area contributed by atoms with Crippen LogP contribution in [0.5, 0.6) is 0 Å². The molecule has 0 unspecified atom stereocenters. The standard InChI is InChI=1S/C9H6N2O2/c12-5-6-1-2-7-8(11-6)3-4-10-9(7)13/h1-5H,(H,10,13). The first-order valence-corrected chi connectivity index (χ1v) is 3.75. The van der Waals surface area contributed by atoms with Gasteiger partial charge in [0, 0.05) is 6.20 Å². The molecule has 2 heterocycles. The maximum absolute atomic E-state index is 11.2. The maximum Gasteiger partial charge on any atom is 0.257 e. The SMILES string of the molecule is O=Cc1ccc2c(=O)[nH]ccc2n1. The molecule has 0 spiro atoms. The first-order valence-electron chi connectivity index (χ1n) is 3.75. The van der Waals surface area contributed by atoms with Crippen molar-refractivity contribution in [2.75, 3.05) is 0 Å². The van der Waals surface area contributed by atoms with Crippen molar-refractivity contribution in [2.45, 2.75) is 0 Å². The molecule has 0 bridgehead atoms. The monoisotopic (exact) mass is 174 g/mol. The summed E-state index contributed by atoms with van der Waals surface area (Å²) in [5.74, 6) is 0. The first-order chi connectivity index (χ1) is 6.31. The number of fused-ring (bicyclic) bond motifs is 1. The van der Waals surface area contributed by atoms with Crippen molar-refractivity contribution in [3.63, 3.8) is 0 Å². The molecule has 0 saturated heterocycles. The van der Waals surface area contributed by atoms with Gasteiger partial charge in [-0.25, -0.2) is 4.98 Å². The summed E-state index contributed by atoms with van der Waals surface area (Å²) in [6, 6.07) is 4.76. The van der Waals surface area contributed by atoms with Crippen LogP contribution in [-0.4, -0.2) is 16.3 Å². The molecule has 2 rings (SSSR count). The molecule has 0 radical (unpaired) electrons. The van der Waals surface area contributed by atoms with Crippen LogP contribution in [0.3, 0.4) is 0 Å². The van der Waals surface area contributed by atoms with E-state index in [2.05, 4.69) is 9.97 Å². The highest BCUT2D eigenvalue weighted by Gasteiger charge is 1.99.